The van der Waals surface area contributed by atoms with Gasteiger partial charge in [-0.2, -0.15) is 0 Å². The molecule has 0 saturated heterocycles. The van der Waals surface area contributed by atoms with Crippen molar-refractivity contribution in [3.05, 3.63) is 119 Å². The second-order valence-corrected chi connectivity index (χ2v) is 9.86. The van der Waals surface area contributed by atoms with E-state index in [1.165, 1.54) is 0 Å². The van der Waals surface area contributed by atoms with Gasteiger partial charge in [-0.1, -0.05) is 60.7 Å². The third-order valence-electron chi connectivity index (χ3n) is 5.20. The van der Waals surface area contributed by atoms with E-state index in [0.29, 0.717) is 11.1 Å². The molecule has 0 aliphatic rings. The molecule has 0 bridgehead atoms. The minimum absolute atomic E-state index is 0.148. The maximum absolute atomic E-state index is 12.7. The number of carbonyl (C=O) groups excluding carboxylic acids is 2. The van der Waals surface area contributed by atoms with E-state index in [1.807, 2.05) is 86.6 Å². The first-order chi connectivity index (χ1) is 16.5. The number of aryl methyl sites for hydroxylation is 2. The molecule has 6 heteroatoms. The summed E-state index contributed by atoms with van der Waals surface area (Å²) in [5.74, 6) is -0.297. The van der Waals surface area contributed by atoms with Crippen molar-refractivity contribution in [2.75, 3.05) is 10.6 Å². The van der Waals surface area contributed by atoms with E-state index in [4.69, 9.17) is 0 Å². The lowest BCUT2D eigenvalue weighted by Gasteiger charge is -2.16. The molecule has 0 spiro atoms. The second-order valence-electron chi connectivity index (χ2n) is 7.71. The van der Waals surface area contributed by atoms with Crippen LogP contribution in [0.2, 0.25) is 0 Å². The van der Waals surface area contributed by atoms with Crippen molar-refractivity contribution >= 4 is 44.8 Å². The van der Waals surface area contributed by atoms with Crippen molar-refractivity contribution in [3.63, 3.8) is 0 Å². The van der Waals surface area contributed by atoms with Crippen LogP contribution in [0.1, 0.15) is 31.8 Å². The summed E-state index contributed by atoms with van der Waals surface area (Å²) in [4.78, 5) is 27.4. The zero-order chi connectivity index (χ0) is 23.9. The van der Waals surface area contributed by atoms with Gasteiger partial charge in [-0.25, -0.2) is 0 Å². The smallest absolute Gasteiger partial charge is 0.255 e. The van der Waals surface area contributed by atoms with Crippen LogP contribution in [0.5, 0.6) is 0 Å². The Morgan fingerprint density at radius 1 is 0.529 bits per heavy atom. The Hall–Kier alpha value is -3.48. The number of benzene rings is 4. The van der Waals surface area contributed by atoms with Gasteiger partial charge in [-0.15, -0.1) is 0 Å². The molecule has 0 atom stereocenters. The minimum atomic E-state index is -0.148. The molecule has 0 saturated carbocycles. The van der Waals surface area contributed by atoms with Gasteiger partial charge in [0.2, 0.25) is 0 Å². The van der Waals surface area contributed by atoms with Crippen LogP contribution < -0.4 is 10.6 Å². The van der Waals surface area contributed by atoms with Crippen LogP contribution in [0.15, 0.2) is 107 Å². The summed E-state index contributed by atoms with van der Waals surface area (Å²) >= 11 is 0. The van der Waals surface area contributed by atoms with Gasteiger partial charge in [0.15, 0.2) is 0 Å². The van der Waals surface area contributed by atoms with Gasteiger partial charge in [-0.05, 0) is 83.0 Å². The molecular weight excluding hydrogens is 460 g/mol. The molecule has 0 fully saturated rings. The number of rotatable bonds is 7. The third kappa shape index (κ3) is 5.71. The summed E-state index contributed by atoms with van der Waals surface area (Å²) in [7, 11) is 3.13. The lowest BCUT2D eigenvalue weighted by atomic mass is 10.2. The highest BCUT2D eigenvalue weighted by Crippen LogP contribution is 2.46. The molecule has 0 aliphatic heterocycles. The van der Waals surface area contributed by atoms with Crippen molar-refractivity contribution < 1.29 is 9.59 Å². The van der Waals surface area contributed by atoms with E-state index in [9.17, 15) is 9.59 Å². The van der Waals surface area contributed by atoms with Crippen LogP contribution in [-0.4, -0.2) is 11.8 Å². The molecule has 34 heavy (non-hydrogen) atoms. The fourth-order valence-corrected chi connectivity index (χ4v) is 6.19. The Kier molecular flexibility index (Phi) is 7.72. The fraction of sp³-hybridized carbons (Fsp3) is 0.0714. The van der Waals surface area contributed by atoms with Crippen LogP contribution in [-0.2, 0) is 0 Å². The van der Waals surface area contributed by atoms with Gasteiger partial charge in [0.1, 0.15) is 0 Å². The van der Waals surface area contributed by atoms with Crippen molar-refractivity contribution in [2.24, 2.45) is 0 Å². The summed E-state index contributed by atoms with van der Waals surface area (Å²) < 4.78 is 0. The van der Waals surface area contributed by atoms with Crippen molar-refractivity contribution in [2.45, 2.75) is 23.6 Å². The summed E-state index contributed by atoms with van der Waals surface area (Å²) in [5, 5.41) is 6.09. The van der Waals surface area contributed by atoms with Crippen molar-refractivity contribution in [3.8, 4) is 0 Å². The zero-order valence-electron chi connectivity index (χ0n) is 18.9. The summed E-state index contributed by atoms with van der Waals surface area (Å²) in [5.41, 5.74) is 4.86. The van der Waals surface area contributed by atoms with Crippen LogP contribution >= 0.6 is 21.6 Å². The molecule has 4 rings (SSSR count). The Bertz CT molecular complexity index is 1210. The first-order valence-corrected chi connectivity index (χ1v) is 12.9. The van der Waals surface area contributed by atoms with E-state index in [2.05, 4.69) is 10.6 Å². The maximum atomic E-state index is 12.7. The molecule has 0 heterocycles. The van der Waals surface area contributed by atoms with E-state index >= 15 is 0 Å². The third-order valence-corrected chi connectivity index (χ3v) is 7.95. The van der Waals surface area contributed by atoms with Crippen molar-refractivity contribution in [1.29, 1.82) is 0 Å². The largest absolute Gasteiger partial charge is 0.321 e. The lowest BCUT2D eigenvalue weighted by molar-refractivity contribution is 0.101. The fourth-order valence-electron chi connectivity index (χ4n) is 3.37. The van der Waals surface area contributed by atoms with E-state index in [1.54, 1.807) is 45.9 Å². The highest BCUT2D eigenvalue weighted by Gasteiger charge is 2.15. The molecule has 2 N–H and O–H groups in total. The lowest BCUT2D eigenvalue weighted by Crippen LogP contribution is -2.13. The van der Waals surface area contributed by atoms with Crippen LogP contribution in [0.25, 0.3) is 0 Å². The standard InChI is InChI=1S/C28H24N2O2S2/c1-19-11-9-17-23(29-27(31)21-13-5-3-6-14-21)25(19)33-34-26-20(2)12-10-18-24(26)30-28(32)22-15-7-4-8-16-22/h3-18H,1-2H3,(H,29,31)(H,30,32). The van der Waals surface area contributed by atoms with Gasteiger partial charge in [0.05, 0.1) is 11.4 Å². The monoisotopic (exact) mass is 484 g/mol. The normalized spacial score (nSPS) is 10.5. The Labute approximate surface area is 207 Å². The maximum Gasteiger partial charge on any atom is 0.255 e. The van der Waals surface area contributed by atoms with Gasteiger partial charge in [-0.3, -0.25) is 9.59 Å². The number of anilines is 2. The van der Waals surface area contributed by atoms with Crippen LogP contribution in [0.3, 0.4) is 0 Å². The van der Waals surface area contributed by atoms with Crippen LogP contribution in [0, 0.1) is 13.8 Å². The molecule has 0 aliphatic carbocycles. The molecule has 0 aromatic heterocycles. The average Bonchev–Trinajstić information content (AvgIpc) is 2.86. The quantitative estimate of drug-likeness (QED) is 0.265. The second kappa shape index (κ2) is 11.1. The van der Waals surface area contributed by atoms with Gasteiger partial charge in [0, 0.05) is 20.9 Å². The zero-order valence-corrected chi connectivity index (χ0v) is 20.5. The molecule has 2 amide bonds. The van der Waals surface area contributed by atoms with E-state index < -0.39 is 0 Å². The molecule has 0 unspecified atom stereocenters. The number of hydrogen-bond acceptors (Lipinski definition) is 4. The molecular formula is C28H24N2O2S2. The highest BCUT2D eigenvalue weighted by molar-refractivity contribution is 8.76. The molecule has 0 radical (unpaired) electrons. The summed E-state index contributed by atoms with van der Waals surface area (Å²) in [6.07, 6.45) is 0. The average molecular weight is 485 g/mol. The highest BCUT2D eigenvalue weighted by atomic mass is 33.1. The number of amides is 2. The molecule has 4 nitrogen and oxygen atoms in total. The van der Waals surface area contributed by atoms with Gasteiger partial charge < -0.3 is 10.6 Å². The Balaban J connectivity index is 1.55. The first kappa shape index (κ1) is 23.7. The number of nitrogens with one attached hydrogen (secondary N) is 2. The Morgan fingerprint density at radius 3 is 1.29 bits per heavy atom. The van der Waals surface area contributed by atoms with Gasteiger partial charge in [0.25, 0.3) is 11.8 Å². The van der Waals surface area contributed by atoms with Crippen LogP contribution in [0.4, 0.5) is 11.4 Å². The predicted molar refractivity (Wildman–Crippen MR) is 143 cm³/mol. The minimum Gasteiger partial charge on any atom is -0.321 e. The summed E-state index contributed by atoms with van der Waals surface area (Å²) in [6.45, 7) is 4.05. The number of hydrogen-bond donors (Lipinski definition) is 2. The molecule has 4 aromatic carbocycles. The topological polar surface area (TPSA) is 58.2 Å². The van der Waals surface area contributed by atoms with E-state index in [-0.39, 0.29) is 11.8 Å². The molecule has 170 valence electrons. The SMILES string of the molecule is Cc1cccc(NC(=O)c2ccccc2)c1SSc1c(C)cccc1NC(=O)c1ccccc1. The first-order valence-electron chi connectivity index (χ1n) is 10.8. The number of carbonyl (C=O) groups is 2. The molecule has 4 aromatic rings. The van der Waals surface area contributed by atoms with Crippen molar-refractivity contribution in [1.82, 2.24) is 0 Å². The predicted octanol–water partition coefficient (Wildman–Crippen LogP) is 7.61. The van der Waals surface area contributed by atoms with Gasteiger partial charge >= 0.3 is 0 Å². The van der Waals surface area contributed by atoms with E-state index in [0.717, 1.165) is 32.3 Å². The Morgan fingerprint density at radius 2 is 0.912 bits per heavy atom. The summed E-state index contributed by atoms with van der Waals surface area (Å²) in [6, 6.07) is 30.1.